The maximum absolute atomic E-state index is 12.1. The van der Waals surface area contributed by atoms with Crippen LogP contribution in [0, 0.1) is 11.3 Å². The second-order valence-corrected chi connectivity index (χ2v) is 8.08. The largest absolute Gasteiger partial charge is 0.481 e. The lowest BCUT2D eigenvalue weighted by molar-refractivity contribution is -0.148. The van der Waals surface area contributed by atoms with Gasteiger partial charge in [0, 0.05) is 0 Å². The Kier molecular flexibility index (Phi) is 15.4. The van der Waals surface area contributed by atoms with E-state index >= 15 is 0 Å². The lowest BCUT2D eigenvalue weighted by Gasteiger charge is -2.39. The molecule has 0 aromatic heterocycles. The molecular weight excluding hydrogens is 308 g/mol. The van der Waals surface area contributed by atoms with Crippen molar-refractivity contribution >= 4 is 5.97 Å². The Hall–Kier alpha value is -0.530. The van der Waals surface area contributed by atoms with Crippen molar-refractivity contribution < 1.29 is 9.90 Å². The van der Waals surface area contributed by atoms with Crippen LogP contribution >= 0.6 is 0 Å². The van der Waals surface area contributed by atoms with Gasteiger partial charge in [-0.3, -0.25) is 4.79 Å². The van der Waals surface area contributed by atoms with Crippen molar-refractivity contribution in [2.75, 3.05) is 0 Å². The minimum atomic E-state index is -0.544. The summed E-state index contributed by atoms with van der Waals surface area (Å²) in [6.07, 6.45) is 19.0. The monoisotopic (exact) mass is 354 g/mol. The molecule has 2 nitrogen and oxygen atoms in total. The molecule has 1 unspecified atom stereocenters. The van der Waals surface area contributed by atoms with E-state index < -0.39 is 5.97 Å². The summed E-state index contributed by atoms with van der Waals surface area (Å²) in [4.78, 5) is 12.1. The highest BCUT2D eigenvalue weighted by atomic mass is 16.4. The molecule has 2 heteroatoms. The van der Waals surface area contributed by atoms with Gasteiger partial charge in [0.25, 0.3) is 0 Å². The maximum Gasteiger partial charge on any atom is 0.307 e. The van der Waals surface area contributed by atoms with Crippen LogP contribution in [-0.4, -0.2) is 11.1 Å². The van der Waals surface area contributed by atoms with Gasteiger partial charge in [-0.15, -0.1) is 0 Å². The molecule has 0 spiro atoms. The van der Waals surface area contributed by atoms with Crippen LogP contribution in [0.4, 0.5) is 0 Å². The van der Waals surface area contributed by atoms with Gasteiger partial charge < -0.3 is 5.11 Å². The zero-order valence-corrected chi connectivity index (χ0v) is 17.7. The van der Waals surface area contributed by atoms with Crippen molar-refractivity contribution in [1.29, 1.82) is 0 Å². The molecule has 0 radical (unpaired) electrons. The molecule has 0 heterocycles. The molecule has 0 bridgehead atoms. The molecule has 0 aliphatic heterocycles. The lowest BCUT2D eigenvalue weighted by atomic mass is 9.65. The first kappa shape index (κ1) is 24.5. The van der Waals surface area contributed by atoms with Crippen molar-refractivity contribution in [3.05, 3.63) is 0 Å². The topological polar surface area (TPSA) is 37.3 Å². The summed E-state index contributed by atoms with van der Waals surface area (Å²) >= 11 is 0. The Labute approximate surface area is 158 Å². The molecule has 1 atom stereocenters. The van der Waals surface area contributed by atoms with Gasteiger partial charge in [0.2, 0.25) is 0 Å². The van der Waals surface area contributed by atoms with E-state index in [0.29, 0.717) is 0 Å². The molecule has 0 aliphatic carbocycles. The third kappa shape index (κ3) is 10.3. The first-order valence-electron chi connectivity index (χ1n) is 11.3. The normalized spacial score (nSPS) is 13.1. The van der Waals surface area contributed by atoms with E-state index in [1.54, 1.807) is 0 Å². The van der Waals surface area contributed by atoms with Crippen LogP contribution in [0.5, 0.6) is 0 Å². The van der Waals surface area contributed by atoms with Crippen LogP contribution in [0.1, 0.15) is 130 Å². The fourth-order valence-electron chi connectivity index (χ4n) is 4.31. The van der Waals surface area contributed by atoms with E-state index in [2.05, 4.69) is 27.7 Å². The van der Waals surface area contributed by atoms with E-state index in [1.165, 1.54) is 57.8 Å². The van der Waals surface area contributed by atoms with Gasteiger partial charge >= 0.3 is 5.97 Å². The average molecular weight is 355 g/mol. The second kappa shape index (κ2) is 15.7. The lowest BCUT2D eigenvalue weighted by Crippen LogP contribution is -2.36. The molecule has 0 aromatic carbocycles. The van der Waals surface area contributed by atoms with E-state index in [0.717, 1.165) is 44.9 Å². The molecule has 0 saturated carbocycles. The quantitative estimate of drug-likeness (QED) is 0.253. The highest BCUT2D eigenvalue weighted by molar-refractivity contribution is 5.71. The molecule has 0 aromatic rings. The summed E-state index contributed by atoms with van der Waals surface area (Å²) < 4.78 is 0. The highest BCUT2D eigenvalue weighted by Gasteiger charge is 2.40. The summed E-state index contributed by atoms with van der Waals surface area (Å²) in [6, 6.07) is 0. The van der Waals surface area contributed by atoms with E-state index in [-0.39, 0.29) is 11.3 Å². The molecule has 0 amide bonds. The van der Waals surface area contributed by atoms with Crippen LogP contribution in [0.15, 0.2) is 0 Å². The summed E-state index contributed by atoms with van der Waals surface area (Å²) in [6.45, 7) is 8.90. The Morgan fingerprint density at radius 2 is 1.16 bits per heavy atom. The van der Waals surface area contributed by atoms with Crippen molar-refractivity contribution in [2.45, 2.75) is 130 Å². The third-order valence-electron chi connectivity index (χ3n) is 6.14. The van der Waals surface area contributed by atoms with E-state index in [9.17, 15) is 9.90 Å². The minimum absolute atomic E-state index is 0.0268. The Balaban J connectivity index is 4.54. The van der Waals surface area contributed by atoms with Crippen molar-refractivity contribution in [1.82, 2.24) is 0 Å². The average Bonchev–Trinajstić information content (AvgIpc) is 2.61. The van der Waals surface area contributed by atoms with Gasteiger partial charge in [-0.1, -0.05) is 105 Å². The fourth-order valence-corrected chi connectivity index (χ4v) is 4.31. The molecule has 0 rings (SSSR count). The second-order valence-electron chi connectivity index (χ2n) is 8.08. The van der Waals surface area contributed by atoms with E-state index in [4.69, 9.17) is 0 Å². The molecule has 1 N–H and O–H groups in total. The van der Waals surface area contributed by atoms with Gasteiger partial charge in [-0.05, 0) is 31.1 Å². The predicted molar refractivity (Wildman–Crippen MR) is 110 cm³/mol. The molecule has 25 heavy (non-hydrogen) atoms. The standard InChI is InChI=1S/C23H46O2/c1-5-9-12-13-14-15-16-17-18-21(22(24)25)23(8-4,19-10-6-2)20-11-7-3/h21H,5-20H2,1-4H3,(H,24,25). The van der Waals surface area contributed by atoms with Crippen molar-refractivity contribution in [2.24, 2.45) is 11.3 Å². The van der Waals surface area contributed by atoms with Crippen LogP contribution in [-0.2, 0) is 4.79 Å². The number of carboxylic acid groups (broad SMARTS) is 1. The smallest absolute Gasteiger partial charge is 0.307 e. The number of hydrogen-bond donors (Lipinski definition) is 1. The number of aliphatic carboxylic acids is 1. The molecule has 0 fully saturated rings. The van der Waals surface area contributed by atoms with Gasteiger partial charge in [0.05, 0.1) is 5.92 Å². The number of carboxylic acids is 1. The van der Waals surface area contributed by atoms with Crippen LogP contribution in [0.2, 0.25) is 0 Å². The number of hydrogen-bond acceptors (Lipinski definition) is 1. The van der Waals surface area contributed by atoms with Crippen LogP contribution in [0.3, 0.4) is 0 Å². The summed E-state index contributed by atoms with van der Waals surface area (Å²) in [5.41, 5.74) is 0.0268. The first-order chi connectivity index (χ1) is 12.1. The van der Waals surface area contributed by atoms with E-state index in [1.807, 2.05) is 0 Å². The third-order valence-corrected chi connectivity index (χ3v) is 6.14. The zero-order chi connectivity index (χ0) is 19.0. The molecular formula is C23H46O2. The predicted octanol–water partition coefficient (Wildman–Crippen LogP) is 7.99. The summed E-state index contributed by atoms with van der Waals surface area (Å²) in [7, 11) is 0. The van der Waals surface area contributed by atoms with Gasteiger partial charge in [-0.25, -0.2) is 0 Å². The van der Waals surface area contributed by atoms with Crippen LogP contribution in [0.25, 0.3) is 0 Å². The number of unbranched alkanes of at least 4 members (excludes halogenated alkanes) is 9. The Morgan fingerprint density at radius 1 is 0.720 bits per heavy atom. The van der Waals surface area contributed by atoms with Gasteiger partial charge in [0.15, 0.2) is 0 Å². The zero-order valence-electron chi connectivity index (χ0n) is 17.7. The van der Waals surface area contributed by atoms with Crippen molar-refractivity contribution in [3.63, 3.8) is 0 Å². The van der Waals surface area contributed by atoms with Gasteiger partial charge in [0.1, 0.15) is 0 Å². The fraction of sp³-hybridized carbons (Fsp3) is 0.957. The molecule has 0 saturated heterocycles. The summed E-state index contributed by atoms with van der Waals surface area (Å²) in [5.74, 6) is -0.687. The minimum Gasteiger partial charge on any atom is -0.481 e. The number of rotatable bonds is 18. The molecule has 150 valence electrons. The highest BCUT2D eigenvalue weighted by Crippen LogP contribution is 2.44. The maximum atomic E-state index is 12.1. The number of carbonyl (C=O) groups is 1. The summed E-state index contributed by atoms with van der Waals surface area (Å²) in [5, 5.41) is 9.94. The Morgan fingerprint density at radius 3 is 1.56 bits per heavy atom. The molecule has 0 aliphatic rings. The van der Waals surface area contributed by atoms with Crippen molar-refractivity contribution in [3.8, 4) is 0 Å². The van der Waals surface area contributed by atoms with Gasteiger partial charge in [-0.2, -0.15) is 0 Å². The Bertz CT molecular complexity index is 303. The first-order valence-corrected chi connectivity index (χ1v) is 11.3. The van der Waals surface area contributed by atoms with Crippen LogP contribution < -0.4 is 0 Å². The SMILES string of the molecule is CCCCCCCCCCC(C(=O)O)C(CC)(CCCC)CCCC.